The van der Waals surface area contributed by atoms with Gasteiger partial charge in [0.05, 0.1) is 12.1 Å². The van der Waals surface area contributed by atoms with Crippen LogP contribution < -0.4 is 0 Å². The standard InChI is InChI=1S/C17H15NO/c19-12-16-14(10-13-6-2-1-3-7-13)11-18-17-9-5-4-8-15(16)17/h1-9,11,19H,10,12H2. The summed E-state index contributed by atoms with van der Waals surface area (Å²) < 4.78 is 0. The Balaban J connectivity index is 2.08. The quantitative estimate of drug-likeness (QED) is 0.772. The van der Waals surface area contributed by atoms with Gasteiger partial charge in [-0.2, -0.15) is 0 Å². The number of fused-ring (bicyclic) bond motifs is 1. The zero-order valence-corrected chi connectivity index (χ0v) is 10.6. The molecule has 0 bridgehead atoms. The number of nitrogens with zero attached hydrogens (tertiary/aromatic N) is 1. The zero-order chi connectivity index (χ0) is 13.1. The maximum atomic E-state index is 9.67. The second kappa shape index (κ2) is 5.21. The molecule has 0 radical (unpaired) electrons. The Kier molecular flexibility index (Phi) is 3.25. The van der Waals surface area contributed by atoms with Crippen LogP contribution in [-0.2, 0) is 13.0 Å². The van der Waals surface area contributed by atoms with Crippen LogP contribution in [0.15, 0.2) is 60.8 Å². The van der Waals surface area contributed by atoms with E-state index in [1.807, 2.05) is 48.7 Å². The molecule has 1 heterocycles. The highest BCUT2D eigenvalue weighted by Crippen LogP contribution is 2.22. The average Bonchev–Trinajstić information content (AvgIpc) is 2.48. The van der Waals surface area contributed by atoms with E-state index in [9.17, 15) is 5.11 Å². The minimum atomic E-state index is 0.0468. The van der Waals surface area contributed by atoms with Gasteiger partial charge in [0, 0.05) is 11.6 Å². The molecule has 94 valence electrons. The normalized spacial score (nSPS) is 10.8. The highest BCUT2D eigenvalue weighted by Gasteiger charge is 2.08. The first-order chi connectivity index (χ1) is 9.38. The van der Waals surface area contributed by atoms with E-state index in [0.29, 0.717) is 0 Å². The summed E-state index contributed by atoms with van der Waals surface area (Å²) >= 11 is 0. The van der Waals surface area contributed by atoms with Gasteiger partial charge in [-0.15, -0.1) is 0 Å². The van der Waals surface area contributed by atoms with Crippen LogP contribution in [0.4, 0.5) is 0 Å². The van der Waals surface area contributed by atoms with Crippen molar-refractivity contribution in [2.45, 2.75) is 13.0 Å². The van der Waals surface area contributed by atoms with Crippen LogP contribution in [0, 0.1) is 0 Å². The maximum Gasteiger partial charge on any atom is 0.0705 e. The van der Waals surface area contributed by atoms with Gasteiger partial charge in [0.2, 0.25) is 0 Å². The Morgan fingerprint density at radius 2 is 1.63 bits per heavy atom. The van der Waals surface area contributed by atoms with E-state index in [0.717, 1.165) is 28.5 Å². The summed E-state index contributed by atoms with van der Waals surface area (Å²) in [5.41, 5.74) is 4.24. The van der Waals surface area contributed by atoms with Crippen LogP contribution >= 0.6 is 0 Å². The number of hydrogen-bond acceptors (Lipinski definition) is 2. The maximum absolute atomic E-state index is 9.67. The Morgan fingerprint density at radius 3 is 2.42 bits per heavy atom. The lowest BCUT2D eigenvalue weighted by Gasteiger charge is -2.10. The van der Waals surface area contributed by atoms with E-state index >= 15 is 0 Å². The van der Waals surface area contributed by atoms with Crippen molar-refractivity contribution in [2.24, 2.45) is 0 Å². The summed E-state index contributed by atoms with van der Waals surface area (Å²) in [7, 11) is 0. The van der Waals surface area contributed by atoms with Crippen molar-refractivity contribution in [1.29, 1.82) is 0 Å². The lowest BCUT2D eigenvalue weighted by Crippen LogP contribution is -1.98. The average molecular weight is 249 g/mol. The summed E-state index contributed by atoms with van der Waals surface area (Å²) in [6, 6.07) is 18.2. The third-order valence-corrected chi connectivity index (χ3v) is 3.37. The van der Waals surface area contributed by atoms with Crippen LogP contribution in [0.3, 0.4) is 0 Å². The minimum Gasteiger partial charge on any atom is -0.392 e. The monoisotopic (exact) mass is 249 g/mol. The first kappa shape index (κ1) is 11.9. The third kappa shape index (κ3) is 2.35. The van der Waals surface area contributed by atoms with Gasteiger partial charge in [-0.05, 0) is 29.2 Å². The van der Waals surface area contributed by atoms with Gasteiger partial charge in [0.15, 0.2) is 0 Å². The third-order valence-electron chi connectivity index (χ3n) is 3.37. The van der Waals surface area contributed by atoms with Crippen molar-refractivity contribution in [3.63, 3.8) is 0 Å². The van der Waals surface area contributed by atoms with E-state index in [-0.39, 0.29) is 6.61 Å². The van der Waals surface area contributed by atoms with Crippen molar-refractivity contribution < 1.29 is 5.11 Å². The molecule has 19 heavy (non-hydrogen) atoms. The molecule has 2 aromatic carbocycles. The van der Waals surface area contributed by atoms with Gasteiger partial charge in [0.25, 0.3) is 0 Å². The van der Waals surface area contributed by atoms with Crippen molar-refractivity contribution in [3.8, 4) is 0 Å². The summed E-state index contributed by atoms with van der Waals surface area (Å²) in [4.78, 5) is 4.47. The number of pyridine rings is 1. The van der Waals surface area contributed by atoms with Gasteiger partial charge in [-0.25, -0.2) is 0 Å². The summed E-state index contributed by atoms with van der Waals surface area (Å²) in [6.45, 7) is 0.0468. The van der Waals surface area contributed by atoms with Crippen LogP contribution in [0.1, 0.15) is 16.7 Å². The SMILES string of the molecule is OCc1c(Cc2ccccc2)cnc2ccccc12. The summed E-state index contributed by atoms with van der Waals surface area (Å²) in [5, 5.41) is 10.7. The molecule has 2 heteroatoms. The largest absolute Gasteiger partial charge is 0.392 e. The van der Waals surface area contributed by atoms with E-state index in [1.165, 1.54) is 5.56 Å². The molecular formula is C17H15NO. The Hall–Kier alpha value is -2.19. The molecule has 3 aromatic rings. The van der Waals surface area contributed by atoms with E-state index in [4.69, 9.17) is 0 Å². The van der Waals surface area contributed by atoms with Crippen LogP contribution in [0.2, 0.25) is 0 Å². The number of aliphatic hydroxyl groups is 1. The molecule has 0 aliphatic heterocycles. The fraction of sp³-hybridized carbons (Fsp3) is 0.118. The molecule has 0 aliphatic carbocycles. The summed E-state index contributed by atoms with van der Waals surface area (Å²) in [5.74, 6) is 0. The number of benzene rings is 2. The topological polar surface area (TPSA) is 33.1 Å². The molecule has 0 atom stereocenters. The van der Waals surface area contributed by atoms with E-state index in [1.54, 1.807) is 0 Å². The van der Waals surface area contributed by atoms with Crippen molar-refractivity contribution in [1.82, 2.24) is 4.98 Å². The molecule has 1 aromatic heterocycles. The van der Waals surface area contributed by atoms with Gasteiger partial charge >= 0.3 is 0 Å². The first-order valence-corrected chi connectivity index (χ1v) is 6.39. The molecule has 0 saturated carbocycles. The van der Waals surface area contributed by atoms with Gasteiger partial charge < -0.3 is 5.11 Å². The highest BCUT2D eigenvalue weighted by atomic mass is 16.3. The Labute approximate surface area is 112 Å². The predicted octanol–water partition coefficient (Wildman–Crippen LogP) is 3.32. The molecule has 0 saturated heterocycles. The molecule has 0 unspecified atom stereocenters. The highest BCUT2D eigenvalue weighted by molar-refractivity contribution is 5.83. The molecule has 0 aliphatic rings. The fourth-order valence-electron chi connectivity index (χ4n) is 2.39. The molecular weight excluding hydrogens is 234 g/mol. The number of aromatic nitrogens is 1. The van der Waals surface area contributed by atoms with Crippen molar-refractivity contribution in [2.75, 3.05) is 0 Å². The minimum absolute atomic E-state index is 0.0468. The molecule has 1 N–H and O–H groups in total. The second-order valence-electron chi connectivity index (χ2n) is 4.60. The Morgan fingerprint density at radius 1 is 0.895 bits per heavy atom. The van der Waals surface area contributed by atoms with E-state index < -0.39 is 0 Å². The molecule has 2 nitrogen and oxygen atoms in total. The zero-order valence-electron chi connectivity index (χ0n) is 10.6. The van der Waals surface area contributed by atoms with E-state index in [2.05, 4.69) is 17.1 Å². The van der Waals surface area contributed by atoms with Crippen LogP contribution in [-0.4, -0.2) is 10.1 Å². The molecule has 0 amide bonds. The number of aliphatic hydroxyl groups excluding tert-OH is 1. The van der Waals surface area contributed by atoms with Crippen LogP contribution in [0.25, 0.3) is 10.9 Å². The number of hydrogen-bond donors (Lipinski definition) is 1. The van der Waals surface area contributed by atoms with Gasteiger partial charge in [-0.1, -0.05) is 48.5 Å². The second-order valence-corrected chi connectivity index (χ2v) is 4.60. The fourth-order valence-corrected chi connectivity index (χ4v) is 2.39. The number of para-hydroxylation sites is 1. The van der Waals surface area contributed by atoms with Crippen molar-refractivity contribution in [3.05, 3.63) is 77.5 Å². The van der Waals surface area contributed by atoms with Gasteiger partial charge in [-0.3, -0.25) is 4.98 Å². The lowest BCUT2D eigenvalue weighted by molar-refractivity contribution is 0.282. The molecule has 3 rings (SSSR count). The van der Waals surface area contributed by atoms with Crippen molar-refractivity contribution >= 4 is 10.9 Å². The molecule has 0 fully saturated rings. The predicted molar refractivity (Wildman–Crippen MR) is 76.9 cm³/mol. The van der Waals surface area contributed by atoms with Gasteiger partial charge in [0.1, 0.15) is 0 Å². The first-order valence-electron chi connectivity index (χ1n) is 6.39. The van der Waals surface area contributed by atoms with Crippen LogP contribution in [0.5, 0.6) is 0 Å². The molecule has 0 spiro atoms. The smallest absolute Gasteiger partial charge is 0.0705 e. The number of rotatable bonds is 3. The lowest BCUT2D eigenvalue weighted by atomic mass is 9.98. The Bertz CT molecular complexity index is 692. The summed E-state index contributed by atoms with van der Waals surface area (Å²) in [6.07, 6.45) is 2.68.